The molecule has 1 aromatic heterocycles. The van der Waals surface area contributed by atoms with Crippen LogP contribution in [0, 0.1) is 13.8 Å². The van der Waals surface area contributed by atoms with Gasteiger partial charge in [-0.2, -0.15) is 0 Å². The quantitative estimate of drug-likeness (QED) is 0.429. The maximum Gasteiger partial charge on any atom is 0.264 e. The van der Waals surface area contributed by atoms with Crippen LogP contribution in [0.4, 0.5) is 17.3 Å². The number of nitrogens with zero attached hydrogens (tertiary/aromatic N) is 2. The van der Waals surface area contributed by atoms with E-state index in [2.05, 4.69) is 31.9 Å². The third kappa shape index (κ3) is 5.68. The summed E-state index contributed by atoms with van der Waals surface area (Å²) < 4.78 is 27.7. The summed E-state index contributed by atoms with van der Waals surface area (Å²) in [6.45, 7) is 7.29. The van der Waals surface area contributed by atoms with Crippen LogP contribution >= 0.6 is 0 Å². The van der Waals surface area contributed by atoms with E-state index in [-0.39, 0.29) is 15.1 Å². The van der Waals surface area contributed by atoms with E-state index in [1.807, 2.05) is 30.3 Å². The van der Waals surface area contributed by atoms with Crippen molar-refractivity contribution in [2.75, 3.05) is 15.4 Å². The van der Waals surface area contributed by atoms with Gasteiger partial charge in [0.05, 0.1) is 4.90 Å². The summed E-state index contributed by atoms with van der Waals surface area (Å²) in [5.41, 5.74) is 3.00. The van der Waals surface area contributed by atoms with Crippen molar-refractivity contribution < 1.29 is 12.7 Å². The molecule has 0 atom stereocenters. The van der Waals surface area contributed by atoms with Crippen molar-refractivity contribution in [2.45, 2.75) is 18.7 Å². The zero-order chi connectivity index (χ0) is 21.6. The molecule has 0 aliphatic carbocycles. The van der Waals surface area contributed by atoms with Crippen LogP contribution in [-0.2, 0) is 10.0 Å². The number of para-hydroxylation sites is 1. The molecule has 0 amide bonds. The number of sulfonamides is 1. The average molecular weight is 428 g/mol. The minimum atomic E-state index is -3.80. The molecule has 0 spiro atoms. The Kier molecular flexibility index (Phi) is 6.48. The minimum Gasteiger partial charge on any atom is -0.342 e. The molecule has 0 unspecified atom stereocenters. The van der Waals surface area contributed by atoms with Crippen molar-refractivity contribution in [3.63, 3.8) is 0 Å². The molecule has 3 N–H and O–H groups in total. The average Bonchev–Trinajstić information content (AvgIpc) is 2.68. The molecule has 7 nitrogen and oxygen atoms in total. The molecular weight excluding hydrogens is 398 g/mol. The predicted molar refractivity (Wildman–Crippen MR) is 127 cm³/mol. The van der Waals surface area contributed by atoms with Crippen molar-refractivity contribution >= 4 is 27.3 Å². The van der Waals surface area contributed by atoms with E-state index in [1.165, 1.54) is 12.1 Å². The van der Waals surface area contributed by atoms with Crippen LogP contribution in [-0.4, -0.2) is 18.4 Å². The van der Waals surface area contributed by atoms with E-state index < -0.39 is 10.0 Å². The lowest BCUT2D eigenvalue weighted by atomic mass is 10.3. The minimum absolute atomic E-state index is 0. The molecular formula is C22H29N5O2S. The smallest absolute Gasteiger partial charge is 0.264 e. The topological polar surface area (TPSA) is 96.0 Å². The Balaban J connectivity index is 0.00000341. The van der Waals surface area contributed by atoms with Gasteiger partial charge < -0.3 is 10.6 Å². The Morgan fingerprint density at radius 1 is 0.933 bits per heavy atom. The molecule has 160 valence electrons. The van der Waals surface area contributed by atoms with Crippen molar-refractivity contribution in [2.24, 2.45) is 0 Å². The van der Waals surface area contributed by atoms with Gasteiger partial charge in [0.15, 0.2) is 0 Å². The van der Waals surface area contributed by atoms with Gasteiger partial charge >= 0.3 is 0 Å². The highest BCUT2D eigenvalue weighted by atomic mass is 32.2. The number of aryl methyl sites for hydroxylation is 2. The maximum absolute atomic E-state index is 12.7. The normalized spacial score (nSPS) is 11.6. The largest absolute Gasteiger partial charge is 0.342 e. The van der Waals surface area contributed by atoms with E-state index in [1.54, 1.807) is 44.2 Å². The van der Waals surface area contributed by atoms with Gasteiger partial charge in [-0.05, 0) is 62.4 Å². The van der Waals surface area contributed by atoms with Gasteiger partial charge in [-0.3, -0.25) is 0 Å². The van der Waals surface area contributed by atoms with E-state index in [0.717, 1.165) is 5.69 Å². The highest BCUT2D eigenvalue weighted by Crippen LogP contribution is 2.19. The summed E-state index contributed by atoms with van der Waals surface area (Å²) >= 11 is 0. The molecule has 0 saturated heterocycles. The van der Waals surface area contributed by atoms with Crippen molar-refractivity contribution in [1.82, 2.24) is 9.97 Å². The molecule has 8 heteroatoms. The lowest BCUT2D eigenvalue weighted by molar-refractivity contribution is 0.601. The fourth-order valence-corrected chi connectivity index (χ4v) is 3.68. The molecule has 3 rings (SSSR count). The van der Waals surface area contributed by atoms with Crippen LogP contribution in [0.25, 0.3) is 0 Å². The van der Waals surface area contributed by atoms with Gasteiger partial charge in [0.2, 0.25) is 5.95 Å². The van der Waals surface area contributed by atoms with Crippen LogP contribution in [0.15, 0.2) is 90.1 Å². The fraction of sp³-hybridized carbons (Fsp3) is 0.0909. The summed E-state index contributed by atoms with van der Waals surface area (Å²) in [4.78, 5) is 8.36. The monoisotopic (exact) mass is 427 g/mol. The van der Waals surface area contributed by atoms with E-state index in [9.17, 15) is 8.42 Å². The Hall–Kier alpha value is -3.65. The zero-order valence-electron chi connectivity index (χ0n) is 16.8. The van der Waals surface area contributed by atoms with Crippen molar-refractivity contribution in [1.29, 1.82) is 0 Å². The lowest BCUT2D eigenvalue weighted by Gasteiger charge is -2.14. The van der Waals surface area contributed by atoms with Gasteiger partial charge in [-0.1, -0.05) is 30.9 Å². The summed E-state index contributed by atoms with van der Waals surface area (Å²) in [6.07, 6.45) is 3.45. The summed E-state index contributed by atoms with van der Waals surface area (Å²) in [5, 5.41) is 6.46. The summed E-state index contributed by atoms with van der Waals surface area (Å²) in [5.74, 6) is 0.756. The van der Waals surface area contributed by atoms with Gasteiger partial charge in [0.25, 0.3) is 10.0 Å². The zero-order valence-corrected chi connectivity index (χ0v) is 17.6. The number of nitrogens with one attached hydrogen (secondary N) is 3. The number of benzene rings is 2. The fourth-order valence-electron chi connectivity index (χ4n) is 2.73. The van der Waals surface area contributed by atoms with Gasteiger partial charge in [-0.15, -0.1) is 0 Å². The first-order valence-corrected chi connectivity index (χ1v) is 10.7. The first-order chi connectivity index (χ1) is 14.4. The van der Waals surface area contributed by atoms with E-state index >= 15 is 0 Å². The second kappa shape index (κ2) is 9.23. The van der Waals surface area contributed by atoms with Gasteiger partial charge in [0, 0.05) is 27.0 Å². The van der Waals surface area contributed by atoms with Crippen LogP contribution in [0.3, 0.4) is 0 Å². The maximum atomic E-state index is 12.7. The van der Waals surface area contributed by atoms with Gasteiger partial charge in [0.1, 0.15) is 5.82 Å². The molecule has 0 aliphatic rings. The summed E-state index contributed by atoms with van der Waals surface area (Å²) in [7, 11) is -3.80. The predicted octanol–water partition coefficient (Wildman–Crippen LogP) is 5.18. The number of hydrogen-bond acceptors (Lipinski definition) is 6. The molecule has 0 aliphatic heterocycles. The number of allylic oxidation sites excluding steroid dienone is 2. The number of rotatable bonds is 8. The third-order valence-corrected chi connectivity index (χ3v) is 5.33. The number of hydrogen-bond donors (Lipinski definition) is 3. The molecule has 1 heterocycles. The Morgan fingerprint density at radius 2 is 1.50 bits per heavy atom. The molecule has 3 aromatic rings. The standard InChI is InChI=1S/C22H23N5O2S.3H2/c1-4-8-21(25-18-9-6-5-7-10-18)26-19-11-13-20(14-12-19)30(28,29)27-22-23-16(2)15-17(3)24-22;;;/h4-15,25-26H,1H2,2-3H3,(H,23,24,27);3*1H/b21-8-;;;. The molecule has 0 bridgehead atoms. The van der Waals surface area contributed by atoms with Crippen molar-refractivity contribution in [3.05, 3.63) is 96.6 Å². The van der Waals surface area contributed by atoms with Gasteiger partial charge in [-0.25, -0.2) is 23.1 Å². The SMILES string of the molecule is C=C/C=C(/Nc1ccccc1)Nc1ccc(S(=O)(=O)Nc2nc(C)cc(C)n2)cc1.[HH].[HH].[HH]. The van der Waals surface area contributed by atoms with Crippen LogP contribution in [0.2, 0.25) is 0 Å². The second-order valence-electron chi connectivity index (χ2n) is 6.54. The Bertz CT molecular complexity index is 1150. The van der Waals surface area contributed by atoms with E-state index in [0.29, 0.717) is 22.9 Å². The first kappa shape index (κ1) is 21.1. The molecule has 0 fully saturated rings. The second-order valence-corrected chi connectivity index (χ2v) is 8.22. The number of anilines is 3. The number of aromatic nitrogens is 2. The van der Waals surface area contributed by atoms with Crippen LogP contribution < -0.4 is 15.4 Å². The highest BCUT2D eigenvalue weighted by Gasteiger charge is 2.16. The molecule has 0 radical (unpaired) electrons. The van der Waals surface area contributed by atoms with Crippen LogP contribution in [0.1, 0.15) is 15.7 Å². The van der Waals surface area contributed by atoms with Crippen molar-refractivity contribution in [3.8, 4) is 0 Å². The lowest BCUT2D eigenvalue weighted by Crippen LogP contribution is -2.16. The Labute approximate surface area is 181 Å². The first-order valence-electron chi connectivity index (χ1n) is 9.23. The summed E-state index contributed by atoms with van der Waals surface area (Å²) in [6, 6.07) is 17.8. The molecule has 30 heavy (non-hydrogen) atoms. The molecule has 2 aromatic carbocycles. The Morgan fingerprint density at radius 3 is 2.07 bits per heavy atom. The van der Waals surface area contributed by atoms with E-state index in [4.69, 9.17) is 0 Å². The third-order valence-electron chi connectivity index (χ3n) is 3.99. The van der Waals surface area contributed by atoms with Crippen LogP contribution in [0.5, 0.6) is 0 Å². The highest BCUT2D eigenvalue weighted by molar-refractivity contribution is 7.92. The molecule has 0 saturated carbocycles.